The van der Waals surface area contributed by atoms with Crippen LogP contribution in [-0.4, -0.2) is 29.8 Å². The summed E-state index contributed by atoms with van der Waals surface area (Å²) in [5, 5.41) is 2.29. The molecule has 2 aromatic rings. The maximum Gasteiger partial charge on any atom is 0.409 e. The van der Waals surface area contributed by atoms with Gasteiger partial charge >= 0.3 is 6.09 Å². The number of carbonyl (C=O) groups is 1. The monoisotopic (exact) mass is 320 g/mol. The lowest BCUT2D eigenvalue weighted by Gasteiger charge is -2.38. The maximum atomic E-state index is 13.2. The highest BCUT2D eigenvalue weighted by Gasteiger charge is 2.35. The molecule has 0 aliphatic carbocycles. The lowest BCUT2D eigenvalue weighted by Crippen LogP contribution is -2.40. The molecule has 23 heavy (non-hydrogen) atoms. The number of nitrogens with one attached hydrogen (secondary N) is 1. The van der Waals surface area contributed by atoms with Gasteiger partial charge in [-0.1, -0.05) is 12.1 Å². The molecule has 0 spiro atoms. The van der Waals surface area contributed by atoms with E-state index in [1.54, 1.807) is 17.0 Å². The minimum absolute atomic E-state index is 0.00455. The molecule has 2 atom stereocenters. The van der Waals surface area contributed by atoms with Crippen molar-refractivity contribution in [3.8, 4) is 0 Å². The van der Waals surface area contributed by atoms with Gasteiger partial charge in [-0.15, -0.1) is 0 Å². The van der Waals surface area contributed by atoms with Crippen molar-refractivity contribution in [3.63, 3.8) is 0 Å². The second kappa shape index (κ2) is 6.28. The van der Waals surface area contributed by atoms with Crippen LogP contribution in [0.25, 0.3) is 0 Å². The average Bonchev–Trinajstić information content (AvgIpc) is 3.01. The van der Waals surface area contributed by atoms with E-state index >= 15 is 0 Å². The number of rotatable bonds is 2. The number of hydrogen-bond acceptors (Lipinski definition) is 4. The Morgan fingerprint density at radius 2 is 2.13 bits per heavy atom. The molecule has 1 amide bonds. The van der Waals surface area contributed by atoms with Crippen LogP contribution in [0.15, 0.2) is 39.6 Å². The third kappa shape index (κ3) is 3.13. The number of methoxy groups -OCH3 is 1. The van der Waals surface area contributed by atoms with Crippen LogP contribution in [0.3, 0.4) is 0 Å². The molecule has 7 heteroatoms. The van der Waals surface area contributed by atoms with E-state index in [4.69, 9.17) is 9.26 Å². The predicted molar refractivity (Wildman–Crippen MR) is 79.6 cm³/mol. The van der Waals surface area contributed by atoms with Crippen LogP contribution in [0.4, 0.5) is 9.18 Å². The summed E-state index contributed by atoms with van der Waals surface area (Å²) in [6.07, 6.45) is 0.808. The fourth-order valence-electron chi connectivity index (χ4n) is 3.06. The Morgan fingerprint density at radius 3 is 2.74 bits per heavy atom. The van der Waals surface area contributed by atoms with Crippen molar-refractivity contribution in [2.24, 2.45) is 0 Å². The molecule has 0 unspecified atom stereocenters. The standard InChI is InChI=1S/C16H17FN2O4/c1-22-16(21)19-7-6-11(14-9-15(20)18-23-14)8-13(19)10-2-4-12(17)5-3-10/h2-5,9,11,13H,6-8H2,1H3,(H,18,20)/t11-,13-/m1/s1. The Bertz CT molecular complexity index is 737. The molecular weight excluding hydrogens is 303 g/mol. The van der Waals surface area contributed by atoms with E-state index in [1.807, 2.05) is 0 Å². The van der Waals surface area contributed by atoms with Crippen molar-refractivity contribution in [2.75, 3.05) is 13.7 Å². The van der Waals surface area contributed by atoms with Crippen LogP contribution in [-0.2, 0) is 4.74 Å². The van der Waals surface area contributed by atoms with E-state index in [1.165, 1.54) is 25.3 Å². The molecular formula is C16H17FN2O4. The molecule has 0 saturated carbocycles. The summed E-state index contributed by atoms with van der Waals surface area (Å²) in [7, 11) is 1.33. The third-order valence-electron chi connectivity index (χ3n) is 4.21. The lowest BCUT2D eigenvalue weighted by atomic mass is 9.86. The van der Waals surface area contributed by atoms with Crippen LogP contribution in [0, 0.1) is 5.82 Å². The van der Waals surface area contributed by atoms with Gasteiger partial charge in [0, 0.05) is 18.5 Å². The predicted octanol–water partition coefficient (Wildman–Crippen LogP) is 2.79. The van der Waals surface area contributed by atoms with Gasteiger partial charge < -0.3 is 14.2 Å². The molecule has 6 nitrogen and oxygen atoms in total. The minimum atomic E-state index is -0.423. The summed E-state index contributed by atoms with van der Waals surface area (Å²) in [5.74, 6) is 0.249. The molecule has 1 fully saturated rings. The number of H-pyrrole nitrogens is 1. The molecule has 1 aromatic heterocycles. The SMILES string of the molecule is COC(=O)N1CC[C@@H](c2cc(=O)[nH]o2)C[C@@H]1c1ccc(F)cc1. The molecule has 1 aliphatic rings. The number of carbonyl (C=O) groups excluding carboxylic acids is 1. The first-order valence-corrected chi connectivity index (χ1v) is 7.37. The minimum Gasteiger partial charge on any atom is -0.453 e. The second-order valence-corrected chi connectivity index (χ2v) is 5.57. The number of nitrogens with zero attached hydrogens (tertiary/aromatic N) is 1. The first-order chi connectivity index (χ1) is 11.1. The van der Waals surface area contributed by atoms with Crippen molar-refractivity contribution in [3.05, 3.63) is 57.8 Å². The van der Waals surface area contributed by atoms with Crippen LogP contribution in [0.5, 0.6) is 0 Å². The highest BCUT2D eigenvalue weighted by Crippen LogP contribution is 2.39. The van der Waals surface area contributed by atoms with Crippen LogP contribution in [0.2, 0.25) is 0 Å². The Morgan fingerprint density at radius 1 is 1.39 bits per heavy atom. The van der Waals surface area contributed by atoms with E-state index in [-0.39, 0.29) is 23.3 Å². The smallest absolute Gasteiger partial charge is 0.409 e. The Balaban J connectivity index is 1.89. The molecule has 3 rings (SSSR count). The average molecular weight is 320 g/mol. The number of benzene rings is 1. The molecule has 1 aromatic carbocycles. The molecule has 1 N–H and O–H groups in total. The van der Waals surface area contributed by atoms with Crippen molar-refractivity contribution in [1.82, 2.24) is 10.1 Å². The first-order valence-electron chi connectivity index (χ1n) is 7.37. The first kappa shape index (κ1) is 15.3. The zero-order chi connectivity index (χ0) is 16.4. The Hall–Kier alpha value is -2.57. The summed E-state index contributed by atoms with van der Waals surface area (Å²) >= 11 is 0. The largest absolute Gasteiger partial charge is 0.453 e. The van der Waals surface area contributed by atoms with E-state index in [2.05, 4.69) is 5.16 Å². The van der Waals surface area contributed by atoms with Gasteiger partial charge in [0.15, 0.2) is 0 Å². The normalized spacial score (nSPS) is 21.2. The van der Waals surface area contributed by atoms with Gasteiger partial charge in [0.2, 0.25) is 0 Å². The summed E-state index contributed by atoms with van der Waals surface area (Å²) in [6.45, 7) is 0.467. The molecule has 1 aliphatic heterocycles. The number of amides is 1. The Kier molecular flexibility index (Phi) is 4.18. The number of piperidine rings is 1. The van der Waals surface area contributed by atoms with Crippen LogP contribution < -0.4 is 5.56 Å². The number of aromatic nitrogens is 1. The van der Waals surface area contributed by atoms with Crippen LogP contribution in [0.1, 0.15) is 36.1 Å². The van der Waals surface area contributed by atoms with Crippen molar-refractivity contribution < 1.29 is 18.4 Å². The number of hydrogen-bond donors (Lipinski definition) is 1. The Labute approximate surface area is 131 Å². The number of likely N-dealkylation sites (tertiary alicyclic amines) is 1. The highest BCUT2D eigenvalue weighted by molar-refractivity contribution is 5.68. The number of halogens is 1. The topological polar surface area (TPSA) is 75.5 Å². The van der Waals surface area contributed by atoms with E-state index in [0.717, 1.165) is 5.56 Å². The van der Waals surface area contributed by atoms with Crippen LogP contribution >= 0.6 is 0 Å². The fraction of sp³-hybridized carbons (Fsp3) is 0.375. The van der Waals surface area contributed by atoms with Gasteiger partial charge in [-0.05, 0) is 30.5 Å². The molecule has 122 valence electrons. The second-order valence-electron chi connectivity index (χ2n) is 5.57. The third-order valence-corrected chi connectivity index (χ3v) is 4.21. The zero-order valence-electron chi connectivity index (χ0n) is 12.6. The number of aromatic amines is 1. The van der Waals surface area contributed by atoms with Gasteiger partial charge in [0.1, 0.15) is 11.6 Å². The number of ether oxygens (including phenoxy) is 1. The molecule has 2 heterocycles. The summed E-state index contributed by atoms with van der Waals surface area (Å²) in [4.78, 5) is 24.9. The van der Waals surface area contributed by atoms with Gasteiger partial charge in [-0.25, -0.2) is 9.18 Å². The molecule has 0 bridgehead atoms. The van der Waals surface area contributed by atoms with Crippen molar-refractivity contribution >= 4 is 6.09 Å². The fourth-order valence-corrected chi connectivity index (χ4v) is 3.06. The van der Waals surface area contributed by atoms with E-state index in [0.29, 0.717) is 25.1 Å². The van der Waals surface area contributed by atoms with Crippen molar-refractivity contribution in [1.29, 1.82) is 0 Å². The molecule has 0 radical (unpaired) electrons. The summed E-state index contributed by atoms with van der Waals surface area (Å²) in [6, 6.07) is 7.22. The maximum absolute atomic E-state index is 13.2. The quantitative estimate of drug-likeness (QED) is 0.923. The van der Waals surface area contributed by atoms with E-state index in [9.17, 15) is 14.0 Å². The lowest BCUT2D eigenvalue weighted by molar-refractivity contribution is 0.0815. The summed E-state index contributed by atoms with van der Waals surface area (Å²) in [5.41, 5.74) is 0.535. The summed E-state index contributed by atoms with van der Waals surface area (Å²) < 4.78 is 23.2. The highest BCUT2D eigenvalue weighted by atomic mass is 19.1. The zero-order valence-corrected chi connectivity index (χ0v) is 12.6. The molecule has 1 saturated heterocycles. The van der Waals surface area contributed by atoms with Gasteiger partial charge in [-0.3, -0.25) is 4.79 Å². The van der Waals surface area contributed by atoms with Gasteiger partial charge in [0.05, 0.1) is 13.2 Å². The van der Waals surface area contributed by atoms with E-state index < -0.39 is 6.09 Å². The van der Waals surface area contributed by atoms with Gasteiger partial charge in [0.25, 0.3) is 5.56 Å². The van der Waals surface area contributed by atoms with Crippen molar-refractivity contribution in [2.45, 2.75) is 24.8 Å². The van der Waals surface area contributed by atoms with Gasteiger partial charge in [-0.2, -0.15) is 5.16 Å².